The highest BCUT2D eigenvalue weighted by Crippen LogP contribution is 2.21. The zero-order valence-electron chi connectivity index (χ0n) is 16.8. The van der Waals surface area contributed by atoms with Crippen molar-refractivity contribution in [2.45, 2.75) is 18.9 Å². The van der Waals surface area contributed by atoms with Gasteiger partial charge in [0.1, 0.15) is 42.5 Å². The summed E-state index contributed by atoms with van der Waals surface area (Å²) in [5.41, 5.74) is 1.92. The van der Waals surface area contributed by atoms with Crippen LogP contribution in [0.15, 0.2) is 61.3 Å². The molecule has 5 rings (SSSR count). The molecule has 4 aromatic rings. The van der Waals surface area contributed by atoms with Gasteiger partial charge in [-0.2, -0.15) is 0 Å². The van der Waals surface area contributed by atoms with Crippen LogP contribution in [0.4, 0.5) is 11.6 Å². The minimum atomic E-state index is 0.487. The number of rotatable bonds is 6. The molecule has 1 aliphatic rings. The lowest BCUT2D eigenvalue weighted by Crippen LogP contribution is -2.30. The van der Waals surface area contributed by atoms with Crippen molar-refractivity contribution in [3.63, 3.8) is 0 Å². The molecule has 8 heteroatoms. The number of benzene rings is 1. The Bertz CT molecular complexity index is 1140. The van der Waals surface area contributed by atoms with Gasteiger partial charge >= 0.3 is 0 Å². The van der Waals surface area contributed by atoms with Gasteiger partial charge in [-0.05, 0) is 50.7 Å². The van der Waals surface area contributed by atoms with Crippen molar-refractivity contribution < 1.29 is 4.74 Å². The maximum Gasteiger partial charge on any atom is 0.143 e. The molecule has 1 atom stereocenters. The summed E-state index contributed by atoms with van der Waals surface area (Å²) in [6, 6.07) is 14.1. The first-order chi connectivity index (χ1) is 14.8. The Kier molecular flexibility index (Phi) is 4.98. The topological polar surface area (TPSA) is 81.0 Å². The number of fused-ring (bicyclic) bond motifs is 1. The predicted molar refractivity (Wildman–Crippen MR) is 115 cm³/mol. The third-order valence-electron chi connectivity index (χ3n) is 5.46. The fraction of sp³-hybridized carbons (Fsp3) is 0.273. The van der Waals surface area contributed by atoms with Gasteiger partial charge in [0, 0.05) is 12.1 Å². The van der Waals surface area contributed by atoms with Crippen molar-refractivity contribution in [1.29, 1.82) is 0 Å². The highest BCUT2D eigenvalue weighted by Gasteiger charge is 2.21. The van der Waals surface area contributed by atoms with Crippen LogP contribution < -0.4 is 10.1 Å². The predicted octanol–water partition coefficient (Wildman–Crippen LogP) is 3.43. The molecular formula is C22H23N7O. The average Bonchev–Trinajstić information content (AvgIpc) is 3.39. The van der Waals surface area contributed by atoms with Crippen LogP contribution in [-0.4, -0.2) is 55.6 Å². The van der Waals surface area contributed by atoms with E-state index in [0.717, 1.165) is 29.1 Å². The summed E-state index contributed by atoms with van der Waals surface area (Å²) >= 11 is 0. The molecule has 0 aliphatic carbocycles. The molecule has 3 aromatic heterocycles. The molecule has 152 valence electrons. The number of nitrogens with one attached hydrogen (secondary N) is 1. The molecule has 0 saturated carbocycles. The highest BCUT2D eigenvalue weighted by atomic mass is 16.5. The third-order valence-corrected chi connectivity index (χ3v) is 5.46. The maximum absolute atomic E-state index is 5.91. The molecule has 4 heterocycles. The molecule has 30 heavy (non-hydrogen) atoms. The van der Waals surface area contributed by atoms with Crippen LogP contribution in [0.3, 0.4) is 0 Å². The maximum atomic E-state index is 5.91. The lowest BCUT2D eigenvalue weighted by Gasteiger charge is -2.19. The molecule has 1 aromatic carbocycles. The number of anilines is 2. The summed E-state index contributed by atoms with van der Waals surface area (Å²) in [5, 5.41) is 3.23. The number of nitrogens with zero attached hydrogens (tertiary/aromatic N) is 6. The minimum absolute atomic E-state index is 0.487. The van der Waals surface area contributed by atoms with Gasteiger partial charge in [0.05, 0.1) is 17.2 Å². The molecule has 1 aliphatic heterocycles. The molecule has 1 N–H and O–H groups in total. The Balaban J connectivity index is 1.27. The molecular weight excluding hydrogens is 378 g/mol. The zero-order chi connectivity index (χ0) is 20.3. The van der Waals surface area contributed by atoms with E-state index in [1.807, 2.05) is 47.0 Å². The summed E-state index contributed by atoms with van der Waals surface area (Å²) in [4.78, 5) is 19.9. The van der Waals surface area contributed by atoms with Crippen molar-refractivity contribution in [3.05, 3.63) is 61.3 Å². The Morgan fingerprint density at radius 3 is 2.83 bits per heavy atom. The van der Waals surface area contributed by atoms with Crippen LogP contribution in [0.5, 0.6) is 5.75 Å². The van der Waals surface area contributed by atoms with Crippen LogP contribution in [0.2, 0.25) is 0 Å². The fourth-order valence-corrected chi connectivity index (χ4v) is 3.74. The van der Waals surface area contributed by atoms with Crippen LogP contribution in [0.1, 0.15) is 12.8 Å². The molecule has 0 amide bonds. The second-order valence-electron chi connectivity index (χ2n) is 7.46. The molecule has 1 fully saturated rings. The van der Waals surface area contributed by atoms with Crippen LogP contribution in [0, 0.1) is 0 Å². The van der Waals surface area contributed by atoms with Crippen LogP contribution >= 0.6 is 0 Å². The van der Waals surface area contributed by atoms with Crippen molar-refractivity contribution in [2.75, 3.05) is 25.5 Å². The van der Waals surface area contributed by atoms with Gasteiger partial charge in [-0.3, -0.25) is 4.57 Å². The summed E-state index contributed by atoms with van der Waals surface area (Å²) in [5.74, 6) is 2.86. The normalized spacial score (nSPS) is 16.8. The van der Waals surface area contributed by atoms with Gasteiger partial charge in [-0.1, -0.05) is 12.1 Å². The lowest BCUT2D eigenvalue weighted by molar-refractivity contribution is 0.198. The summed E-state index contributed by atoms with van der Waals surface area (Å²) in [6.07, 6.45) is 7.46. The summed E-state index contributed by atoms with van der Waals surface area (Å²) < 4.78 is 7.84. The average molecular weight is 401 g/mol. The number of likely N-dealkylation sites (tertiary alicyclic amines) is 1. The van der Waals surface area contributed by atoms with Gasteiger partial charge in [-0.15, -0.1) is 0 Å². The third kappa shape index (κ3) is 3.81. The molecule has 0 spiro atoms. The summed E-state index contributed by atoms with van der Waals surface area (Å²) in [6.45, 7) is 1.84. The van der Waals surface area contributed by atoms with Gasteiger partial charge in [0.2, 0.25) is 0 Å². The van der Waals surface area contributed by atoms with E-state index >= 15 is 0 Å². The number of pyridine rings is 1. The highest BCUT2D eigenvalue weighted by molar-refractivity contribution is 5.77. The number of ether oxygens (including phenoxy) is 1. The number of aromatic nitrogens is 5. The Hall–Kier alpha value is -3.52. The second kappa shape index (κ2) is 8.08. The number of para-hydroxylation sites is 2. The van der Waals surface area contributed by atoms with Crippen LogP contribution in [-0.2, 0) is 0 Å². The van der Waals surface area contributed by atoms with E-state index in [1.165, 1.54) is 19.2 Å². The van der Waals surface area contributed by atoms with Crippen molar-refractivity contribution in [3.8, 4) is 11.6 Å². The molecule has 0 unspecified atom stereocenters. The van der Waals surface area contributed by atoms with E-state index < -0.39 is 0 Å². The van der Waals surface area contributed by atoms with E-state index in [4.69, 9.17) is 4.74 Å². The molecule has 0 radical (unpaired) electrons. The first kappa shape index (κ1) is 18.5. The summed E-state index contributed by atoms with van der Waals surface area (Å²) in [7, 11) is 2.15. The minimum Gasteiger partial charge on any atom is -0.490 e. The van der Waals surface area contributed by atoms with Crippen molar-refractivity contribution in [2.24, 2.45) is 0 Å². The number of likely N-dealkylation sites (N-methyl/N-ethyl adjacent to an activating group) is 1. The van der Waals surface area contributed by atoms with Crippen molar-refractivity contribution in [1.82, 2.24) is 29.4 Å². The van der Waals surface area contributed by atoms with Gasteiger partial charge in [-0.25, -0.2) is 19.9 Å². The van der Waals surface area contributed by atoms with E-state index in [9.17, 15) is 0 Å². The largest absolute Gasteiger partial charge is 0.490 e. The molecule has 8 nitrogen and oxygen atoms in total. The number of hydrogen-bond donors (Lipinski definition) is 1. The van der Waals surface area contributed by atoms with Gasteiger partial charge in [0.15, 0.2) is 0 Å². The van der Waals surface area contributed by atoms with E-state index in [0.29, 0.717) is 24.3 Å². The van der Waals surface area contributed by atoms with Crippen LogP contribution in [0.25, 0.3) is 16.9 Å². The molecule has 1 saturated heterocycles. The zero-order valence-corrected chi connectivity index (χ0v) is 16.8. The fourth-order valence-electron chi connectivity index (χ4n) is 3.74. The first-order valence-electron chi connectivity index (χ1n) is 10.1. The SMILES string of the molecule is CN1CCC[C@@H]1COc1ccc(Nc2cc(-n3cnc4ccccc43)ncn2)nc1. The molecule has 0 bridgehead atoms. The Labute approximate surface area is 174 Å². The van der Waals surface area contributed by atoms with E-state index in [2.05, 4.69) is 37.2 Å². The smallest absolute Gasteiger partial charge is 0.143 e. The van der Waals surface area contributed by atoms with Gasteiger partial charge < -0.3 is 15.0 Å². The Morgan fingerprint density at radius 1 is 1.07 bits per heavy atom. The second-order valence-corrected chi connectivity index (χ2v) is 7.46. The van der Waals surface area contributed by atoms with Gasteiger partial charge in [0.25, 0.3) is 0 Å². The quantitative estimate of drug-likeness (QED) is 0.530. The van der Waals surface area contributed by atoms with E-state index in [1.54, 1.807) is 12.5 Å². The monoisotopic (exact) mass is 401 g/mol. The van der Waals surface area contributed by atoms with E-state index in [-0.39, 0.29) is 0 Å². The van der Waals surface area contributed by atoms with Crippen molar-refractivity contribution >= 4 is 22.7 Å². The number of hydrogen-bond acceptors (Lipinski definition) is 7. The standard InChI is InChI=1S/C22H23N7O/c1-28-10-4-5-16(28)13-30-17-8-9-20(23-12-17)27-21-11-22(25-14-24-21)29-15-26-18-6-2-3-7-19(18)29/h2-3,6-9,11-12,14-16H,4-5,10,13H2,1H3,(H,23,24,25,27)/t16-/m1/s1. The lowest BCUT2D eigenvalue weighted by atomic mass is 10.2. The Morgan fingerprint density at radius 2 is 2.00 bits per heavy atom. The number of imidazole rings is 1. The first-order valence-corrected chi connectivity index (χ1v) is 10.1.